The molecular formula is C46H64F4N6O3. The van der Waals surface area contributed by atoms with Gasteiger partial charge in [0.15, 0.2) is 0 Å². The van der Waals surface area contributed by atoms with Crippen molar-refractivity contribution < 1.29 is 31.8 Å². The Balaban J connectivity index is 0.885. The van der Waals surface area contributed by atoms with Crippen molar-refractivity contribution >= 4 is 22.8 Å². The molecule has 0 radical (unpaired) electrons. The van der Waals surface area contributed by atoms with Crippen LogP contribution >= 0.6 is 0 Å². The normalized spacial score (nSPS) is 23.1. The molecule has 0 bridgehead atoms. The van der Waals surface area contributed by atoms with Gasteiger partial charge in [0.05, 0.1) is 24.2 Å². The Kier molecular flexibility index (Phi) is 13.0. The molecular weight excluding hydrogens is 761 g/mol. The molecule has 3 aromatic rings. The fourth-order valence-corrected chi connectivity index (χ4v) is 10.3. The van der Waals surface area contributed by atoms with Crippen LogP contribution in [0.1, 0.15) is 126 Å². The number of hydrogen-bond donors (Lipinski definition) is 1. The average Bonchev–Trinajstić information content (AvgIpc) is 3.18. The highest BCUT2D eigenvalue weighted by Gasteiger charge is 2.40. The Bertz CT molecular complexity index is 1920. The number of alkyl halides is 3. The van der Waals surface area contributed by atoms with Crippen LogP contribution in [0.3, 0.4) is 0 Å². The van der Waals surface area contributed by atoms with Gasteiger partial charge in [0.2, 0.25) is 0 Å². The van der Waals surface area contributed by atoms with E-state index in [4.69, 9.17) is 9.47 Å². The smallest absolute Gasteiger partial charge is 0.419 e. The number of amides is 1. The number of piperazine rings is 1. The number of anilines is 1. The Morgan fingerprint density at radius 3 is 2.07 bits per heavy atom. The molecule has 4 fully saturated rings. The van der Waals surface area contributed by atoms with E-state index in [1.165, 1.54) is 44.4 Å². The third-order valence-corrected chi connectivity index (χ3v) is 13.7. The van der Waals surface area contributed by atoms with Crippen molar-refractivity contribution in [2.45, 2.75) is 123 Å². The van der Waals surface area contributed by atoms with E-state index in [0.29, 0.717) is 34.4 Å². The van der Waals surface area contributed by atoms with Gasteiger partial charge >= 0.3 is 12.3 Å². The van der Waals surface area contributed by atoms with E-state index in [2.05, 4.69) is 31.2 Å². The van der Waals surface area contributed by atoms with Crippen LogP contribution in [0.2, 0.25) is 0 Å². The molecule has 9 nitrogen and oxygen atoms in total. The highest BCUT2D eigenvalue weighted by atomic mass is 19.4. The van der Waals surface area contributed by atoms with Gasteiger partial charge in [-0.15, -0.1) is 0 Å². The van der Waals surface area contributed by atoms with Gasteiger partial charge in [-0.3, -0.25) is 0 Å². The summed E-state index contributed by atoms with van der Waals surface area (Å²) in [6.45, 7) is 17.7. The van der Waals surface area contributed by atoms with Crippen LogP contribution in [0.5, 0.6) is 5.75 Å². The van der Waals surface area contributed by atoms with Crippen molar-refractivity contribution in [3.8, 4) is 5.75 Å². The first kappa shape index (κ1) is 43.4. The quantitative estimate of drug-likeness (QED) is 0.214. The molecule has 1 atom stereocenters. The third-order valence-electron chi connectivity index (χ3n) is 13.7. The van der Waals surface area contributed by atoms with Gasteiger partial charge in [-0.05, 0) is 140 Å². The van der Waals surface area contributed by atoms with E-state index in [9.17, 15) is 18.0 Å². The number of fused-ring (bicyclic) bond motifs is 1. The van der Waals surface area contributed by atoms with Crippen LogP contribution in [-0.4, -0.2) is 95.8 Å². The molecule has 3 heterocycles. The van der Waals surface area contributed by atoms with Gasteiger partial charge in [-0.2, -0.15) is 13.2 Å². The fourth-order valence-electron chi connectivity index (χ4n) is 10.3. The molecule has 2 aromatic carbocycles. The van der Waals surface area contributed by atoms with E-state index >= 15 is 4.39 Å². The first-order valence-electron chi connectivity index (χ1n) is 21.9. The summed E-state index contributed by atoms with van der Waals surface area (Å²) in [4.78, 5) is 29.1. The number of piperidine rings is 1. The summed E-state index contributed by atoms with van der Waals surface area (Å²) in [7, 11) is 1.67. The second-order valence-corrected chi connectivity index (χ2v) is 19.0. The number of methoxy groups -OCH3 is 1. The number of likely N-dealkylation sites (tertiary alicyclic amines) is 1. The third kappa shape index (κ3) is 10.4. The molecule has 2 aliphatic heterocycles. The highest BCUT2D eigenvalue weighted by Crippen LogP contribution is 2.47. The number of ether oxygens (including phenoxy) is 2. The molecule has 2 saturated carbocycles. The maximum atomic E-state index is 15.1. The van der Waals surface area contributed by atoms with Crippen LogP contribution in [0.4, 0.5) is 28.2 Å². The van der Waals surface area contributed by atoms with E-state index in [1.54, 1.807) is 21.0 Å². The van der Waals surface area contributed by atoms with Crippen LogP contribution < -0.4 is 10.1 Å². The summed E-state index contributed by atoms with van der Waals surface area (Å²) >= 11 is 0. The van der Waals surface area contributed by atoms with Crippen LogP contribution in [0.25, 0.3) is 10.9 Å². The summed E-state index contributed by atoms with van der Waals surface area (Å²) < 4.78 is 67.1. The number of nitrogens with zero attached hydrogens (tertiary/aromatic N) is 5. The number of aromatic nitrogens is 2. The summed E-state index contributed by atoms with van der Waals surface area (Å²) in [6, 6.07) is 6.58. The average molecular weight is 825 g/mol. The zero-order valence-electron chi connectivity index (χ0n) is 35.9. The molecule has 1 N–H and O–H groups in total. The molecule has 0 unspecified atom stereocenters. The molecule has 13 heteroatoms. The summed E-state index contributed by atoms with van der Waals surface area (Å²) in [5.41, 5.74) is 0.337. The first-order valence-corrected chi connectivity index (χ1v) is 21.9. The number of nitrogens with one attached hydrogen (secondary N) is 1. The van der Waals surface area contributed by atoms with E-state index in [0.717, 1.165) is 113 Å². The second kappa shape index (κ2) is 17.7. The molecule has 2 aliphatic carbocycles. The lowest BCUT2D eigenvalue weighted by molar-refractivity contribution is -0.140. The zero-order valence-corrected chi connectivity index (χ0v) is 35.9. The van der Waals surface area contributed by atoms with Crippen LogP contribution in [-0.2, 0) is 10.9 Å². The SMILES string of the molecule is COc1cc2nc(C)nc(N[C@H](C)c3cccc(C(F)(F)F)c3F)c2cc1C1CCC(CN2CCN(CC3CCC4(CC3)CCN(C(=O)OC(C)(C)C)CC4)CC2)CC1. The molecule has 1 aromatic heterocycles. The molecule has 1 amide bonds. The molecule has 324 valence electrons. The molecule has 59 heavy (non-hydrogen) atoms. The van der Waals surface area contributed by atoms with Crippen LogP contribution in [0, 0.1) is 30.0 Å². The van der Waals surface area contributed by atoms with Crippen molar-refractivity contribution in [3.05, 3.63) is 58.7 Å². The van der Waals surface area contributed by atoms with Crippen molar-refractivity contribution in [2.75, 3.05) is 64.8 Å². The van der Waals surface area contributed by atoms with E-state index < -0.39 is 29.2 Å². The Labute approximate surface area is 347 Å². The zero-order chi connectivity index (χ0) is 42.1. The largest absolute Gasteiger partial charge is 0.496 e. The predicted octanol–water partition coefficient (Wildman–Crippen LogP) is 10.4. The number of aryl methyl sites for hydroxylation is 1. The lowest BCUT2D eigenvalue weighted by atomic mass is 9.65. The van der Waals surface area contributed by atoms with Gasteiger partial charge in [-0.25, -0.2) is 19.2 Å². The monoisotopic (exact) mass is 824 g/mol. The minimum Gasteiger partial charge on any atom is -0.496 e. The van der Waals surface area contributed by atoms with Crippen LogP contribution in [0.15, 0.2) is 30.3 Å². The predicted molar refractivity (Wildman–Crippen MR) is 223 cm³/mol. The molecule has 2 saturated heterocycles. The van der Waals surface area contributed by atoms with Crippen molar-refractivity contribution in [1.82, 2.24) is 24.7 Å². The number of carbonyl (C=O) groups excluding carboxylic acids is 1. The first-order chi connectivity index (χ1) is 28.0. The topological polar surface area (TPSA) is 83.1 Å². The maximum Gasteiger partial charge on any atom is 0.419 e. The van der Waals surface area contributed by atoms with Gasteiger partial charge in [-0.1, -0.05) is 12.1 Å². The van der Waals surface area contributed by atoms with Gasteiger partial charge < -0.3 is 29.5 Å². The highest BCUT2D eigenvalue weighted by molar-refractivity contribution is 5.91. The van der Waals surface area contributed by atoms with E-state index in [1.807, 2.05) is 31.7 Å². The minimum absolute atomic E-state index is 0.0777. The standard InChI is InChI=1S/C46H64F4N6O3/c1-30(35-8-7-9-38(41(35)47)46(48,49)50)51-42-37-26-36(40(58-6)27-39(37)52-31(2)53-42)34-12-10-32(11-13-34)28-54-22-24-55(25-23-54)29-33-14-16-45(17-15-33)18-20-56(21-19-45)43(57)59-44(3,4)5/h7-9,26-27,30,32-34H,10-25,28-29H2,1-6H3,(H,51,52,53)/t30-,32?,34?/m1/s1. The lowest BCUT2D eigenvalue weighted by Gasteiger charge is -2.47. The van der Waals surface area contributed by atoms with Crippen molar-refractivity contribution in [3.63, 3.8) is 0 Å². The van der Waals surface area contributed by atoms with Gasteiger partial charge in [0, 0.05) is 69.4 Å². The molecule has 4 aliphatic rings. The Morgan fingerprint density at radius 2 is 1.49 bits per heavy atom. The number of halogens is 4. The Hall–Kier alpha value is -3.71. The summed E-state index contributed by atoms with van der Waals surface area (Å²) in [5, 5.41) is 3.94. The van der Waals surface area contributed by atoms with Gasteiger partial charge in [0.25, 0.3) is 0 Å². The number of rotatable bonds is 9. The number of benzene rings is 2. The summed E-state index contributed by atoms with van der Waals surface area (Å²) in [5.74, 6) is 2.15. The lowest BCUT2D eigenvalue weighted by Crippen LogP contribution is -2.50. The van der Waals surface area contributed by atoms with Crippen molar-refractivity contribution in [1.29, 1.82) is 0 Å². The maximum absolute atomic E-state index is 15.1. The van der Waals surface area contributed by atoms with Crippen molar-refractivity contribution in [2.24, 2.45) is 17.3 Å². The molecule has 7 rings (SSSR count). The summed E-state index contributed by atoms with van der Waals surface area (Å²) in [6.07, 6.45) is 6.73. The number of hydrogen-bond acceptors (Lipinski definition) is 8. The fraction of sp³-hybridized carbons (Fsp3) is 0.674. The number of carbonyl (C=O) groups is 1. The minimum atomic E-state index is -4.79. The molecule has 1 spiro atoms. The van der Waals surface area contributed by atoms with Gasteiger partial charge in [0.1, 0.15) is 28.8 Å². The van der Waals surface area contributed by atoms with E-state index in [-0.39, 0.29) is 11.7 Å². The Morgan fingerprint density at radius 1 is 0.881 bits per heavy atom. The second-order valence-electron chi connectivity index (χ2n) is 19.0.